The quantitative estimate of drug-likeness (QED) is 0.435. The molecule has 33 heavy (non-hydrogen) atoms. The van der Waals surface area contributed by atoms with E-state index in [1.54, 1.807) is 0 Å². The van der Waals surface area contributed by atoms with Crippen LogP contribution in [-0.2, 0) is 19.1 Å². The average Bonchev–Trinajstić information content (AvgIpc) is 3.13. The van der Waals surface area contributed by atoms with Gasteiger partial charge in [-0.25, -0.2) is 4.79 Å². The van der Waals surface area contributed by atoms with Crippen LogP contribution in [-0.4, -0.2) is 54.7 Å². The standard InChI is InChI=1S/C24H27N3O6/c1-2-11-25-21(28)13-26-23(31)20(12-22(29)30)27-24(32)33-14-19-17-9-5-3-7-15(17)16-8-4-6-10-18(16)19/h3-10,19-20H,2,11-14H2,1H3,(H,25,28)(H,26,31)(H,27,32)(H,29,30). The lowest BCUT2D eigenvalue weighted by molar-refractivity contribution is -0.139. The van der Waals surface area contributed by atoms with Crippen molar-refractivity contribution < 1.29 is 29.0 Å². The van der Waals surface area contributed by atoms with E-state index >= 15 is 0 Å². The van der Waals surface area contributed by atoms with Crippen LogP contribution in [0.2, 0.25) is 0 Å². The molecule has 2 aromatic rings. The van der Waals surface area contributed by atoms with E-state index in [0.717, 1.165) is 28.7 Å². The number of benzene rings is 2. The molecule has 0 saturated carbocycles. The molecular formula is C24H27N3O6. The Morgan fingerprint density at radius 3 is 2.15 bits per heavy atom. The molecular weight excluding hydrogens is 426 g/mol. The first-order chi connectivity index (χ1) is 15.9. The molecule has 0 aliphatic heterocycles. The van der Waals surface area contributed by atoms with Gasteiger partial charge in [0.25, 0.3) is 0 Å². The molecule has 1 atom stereocenters. The number of ether oxygens (including phenoxy) is 1. The monoisotopic (exact) mass is 453 g/mol. The van der Waals surface area contributed by atoms with Crippen LogP contribution in [0.15, 0.2) is 48.5 Å². The lowest BCUT2D eigenvalue weighted by Crippen LogP contribution is -2.50. The van der Waals surface area contributed by atoms with E-state index in [4.69, 9.17) is 9.84 Å². The van der Waals surface area contributed by atoms with Crippen molar-refractivity contribution in [2.75, 3.05) is 19.7 Å². The van der Waals surface area contributed by atoms with Crippen LogP contribution in [0.25, 0.3) is 11.1 Å². The van der Waals surface area contributed by atoms with Crippen LogP contribution in [0.5, 0.6) is 0 Å². The number of carboxylic acids is 1. The fraction of sp³-hybridized carbons (Fsp3) is 0.333. The maximum absolute atomic E-state index is 12.4. The molecule has 4 N–H and O–H groups in total. The zero-order valence-corrected chi connectivity index (χ0v) is 18.3. The first kappa shape index (κ1) is 23.8. The van der Waals surface area contributed by atoms with E-state index < -0.39 is 36.3 Å². The number of hydrogen-bond acceptors (Lipinski definition) is 5. The van der Waals surface area contributed by atoms with Crippen molar-refractivity contribution in [1.82, 2.24) is 16.0 Å². The summed E-state index contributed by atoms with van der Waals surface area (Å²) in [5, 5.41) is 16.3. The number of alkyl carbamates (subject to hydrolysis) is 1. The number of amides is 3. The summed E-state index contributed by atoms with van der Waals surface area (Å²) >= 11 is 0. The van der Waals surface area contributed by atoms with Crippen molar-refractivity contribution in [3.63, 3.8) is 0 Å². The lowest BCUT2D eigenvalue weighted by Gasteiger charge is -2.18. The van der Waals surface area contributed by atoms with Crippen LogP contribution < -0.4 is 16.0 Å². The summed E-state index contributed by atoms with van der Waals surface area (Å²) in [6.07, 6.45) is -0.814. The third kappa shape index (κ3) is 6.09. The second-order valence-electron chi connectivity index (χ2n) is 7.69. The van der Waals surface area contributed by atoms with Gasteiger partial charge in [0.2, 0.25) is 11.8 Å². The molecule has 3 rings (SSSR count). The maximum Gasteiger partial charge on any atom is 0.407 e. The number of nitrogens with one attached hydrogen (secondary N) is 3. The summed E-state index contributed by atoms with van der Waals surface area (Å²) in [6, 6.07) is 14.3. The first-order valence-electron chi connectivity index (χ1n) is 10.8. The minimum atomic E-state index is -1.38. The summed E-state index contributed by atoms with van der Waals surface area (Å²) < 4.78 is 5.38. The molecule has 2 aromatic carbocycles. The SMILES string of the molecule is CCCNC(=O)CNC(=O)C(CC(=O)O)NC(=O)OCC1c2ccccc2-c2ccccc21. The van der Waals surface area contributed by atoms with Gasteiger partial charge in [0.05, 0.1) is 13.0 Å². The molecule has 0 heterocycles. The van der Waals surface area contributed by atoms with Crippen molar-refractivity contribution in [1.29, 1.82) is 0 Å². The Labute approximate surface area is 191 Å². The van der Waals surface area contributed by atoms with Crippen molar-refractivity contribution >= 4 is 23.9 Å². The molecule has 0 bridgehead atoms. The minimum Gasteiger partial charge on any atom is -0.481 e. The van der Waals surface area contributed by atoms with Gasteiger partial charge in [-0.05, 0) is 28.7 Å². The van der Waals surface area contributed by atoms with Crippen LogP contribution in [0.3, 0.4) is 0 Å². The Balaban J connectivity index is 1.60. The Bertz CT molecular complexity index is 993. The Morgan fingerprint density at radius 2 is 1.58 bits per heavy atom. The van der Waals surface area contributed by atoms with Crippen LogP contribution in [0.4, 0.5) is 4.79 Å². The van der Waals surface area contributed by atoms with Gasteiger partial charge in [-0.3, -0.25) is 14.4 Å². The molecule has 174 valence electrons. The van der Waals surface area contributed by atoms with Gasteiger partial charge in [-0.15, -0.1) is 0 Å². The third-order valence-electron chi connectivity index (χ3n) is 5.33. The van der Waals surface area contributed by atoms with Crippen LogP contribution >= 0.6 is 0 Å². The molecule has 0 fully saturated rings. The number of hydrogen-bond donors (Lipinski definition) is 4. The number of carbonyl (C=O) groups excluding carboxylic acids is 3. The van der Waals surface area contributed by atoms with Gasteiger partial charge in [-0.2, -0.15) is 0 Å². The summed E-state index contributed by atoms with van der Waals surface area (Å²) in [5.41, 5.74) is 4.21. The molecule has 3 amide bonds. The summed E-state index contributed by atoms with van der Waals surface area (Å²) in [5.74, 6) is -2.63. The highest BCUT2D eigenvalue weighted by Gasteiger charge is 2.30. The van der Waals surface area contributed by atoms with Crippen molar-refractivity contribution in [2.45, 2.75) is 31.7 Å². The minimum absolute atomic E-state index is 0.0285. The second-order valence-corrected chi connectivity index (χ2v) is 7.69. The van der Waals surface area contributed by atoms with E-state index in [1.807, 2.05) is 55.5 Å². The van der Waals surface area contributed by atoms with Crippen LogP contribution in [0.1, 0.15) is 36.8 Å². The van der Waals surface area contributed by atoms with Gasteiger partial charge < -0.3 is 25.8 Å². The van der Waals surface area contributed by atoms with Crippen molar-refractivity contribution in [3.05, 3.63) is 59.7 Å². The molecule has 0 aromatic heterocycles. The highest BCUT2D eigenvalue weighted by molar-refractivity contribution is 5.91. The van der Waals surface area contributed by atoms with Gasteiger partial charge >= 0.3 is 12.1 Å². The number of carboxylic acid groups (broad SMARTS) is 1. The maximum atomic E-state index is 12.4. The second kappa shape index (κ2) is 11.1. The van der Waals surface area contributed by atoms with Gasteiger partial charge in [0.1, 0.15) is 12.6 Å². The largest absolute Gasteiger partial charge is 0.481 e. The van der Waals surface area contributed by atoms with E-state index in [9.17, 15) is 19.2 Å². The predicted octanol–water partition coefficient (Wildman–Crippen LogP) is 2.01. The molecule has 0 spiro atoms. The molecule has 0 saturated heterocycles. The van der Waals surface area contributed by atoms with Crippen LogP contribution in [0, 0.1) is 0 Å². The number of rotatable bonds is 10. The number of aliphatic carboxylic acids is 1. The van der Waals surface area contributed by atoms with Crippen molar-refractivity contribution in [3.8, 4) is 11.1 Å². The molecule has 9 nitrogen and oxygen atoms in total. The smallest absolute Gasteiger partial charge is 0.407 e. The van der Waals surface area contributed by atoms with Gasteiger partial charge in [-0.1, -0.05) is 55.5 Å². The third-order valence-corrected chi connectivity index (χ3v) is 5.33. The highest BCUT2D eigenvalue weighted by Crippen LogP contribution is 2.44. The Morgan fingerprint density at radius 1 is 0.970 bits per heavy atom. The summed E-state index contributed by atoms with van der Waals surface area (Å²) in [7, 11) is 0. The fourth-order valence-corrected chi connectivity index (χ4v) is 3.78. The zero-order valence-electron chi connectivity index (χ0n) is 18.3. The summed E-state index contributed by atoms with van der Waals surface area (Å²) in [6.45, 7) is 2.06. The topological polar surface area (TPSA) is 134 Å². The number of fused-ring (bicyclic) bond motifs is 3. The van der Waals surface area contributed by atoms with E-state index in [2.05, 4.69) is 16.0 Å². The molecule has 0 radical (unpaired) electrons. The molecule has 9 heteroatoms. The molecule has 1 aliphatic carbocycles. The zero-order chi connectivity index (χ0) is 23.8. The molecule has 1 unspecified atom stereocenters. The van der Waals surface area contributed by atoms with E-state index in [1.165, 1.54) is 0 Å². The first-order valence-corrected chi connectivity index (χ1v) is 10.8. The van der Waals surface area contributed by atoms with Crippen molar-refractivity contribution in [2.24, 2.45) is 0 Å². The molecule has 1 aliphatic rings. The lowest BCUT2D eigenvalue weighted by atomic mass is 9.98. The fourth-order valence-electron chi connectivity index (χ4n) is 3.78. The van der Waals surface area contributed by atoms with E-state index in [0.29, 0.717) is 6.54 Å². The number of carbonyl (C=O) groups is 4. The Hall–Kier alpha value is -3.88. The van der Waals surface area contributed by atoms with Gasteiger partial charge in [0.15, 0.2) is 0 Å². The van der Waals surface area contributed by atoms with E-state index in [-0.39, 0.29) is 19.1 Å². The normalized spacial score (nSPS) is 12.8. The predicted molar refractivity (Wildman–Crippen MR) is 121 cm³/mol. The Kier molecular flexibility index (Phi) is 8.01. The summed E-state index contributed by atoms with van der Waals surface area (Å²) in [4.78, 5) is 47.6. The van der Waals surface area contributed by atoms with Gasteiger partial charge in [0, 0.05) is 12.5 Å². The average molecular weight is 453 g/mol. The highest BCUT2D eigenvalue weighted by atomic mass is 16.5.